The van der Waals surface area contributed by atoms with Crippen LogP contribution >= 0.6 is 0 Å². The summed E-state index contributed by atoms with van der Waals surface area (Å²) in [6.45, 7) is 9.28. The summed E-state index contributed by atoms with van der Waals surface area (Å²) in [7, 11) is 0. The van der Waals surface area contributed by atoms with Crippen molar-refractivity contribution in [3.05, 3.63) is 0 Å². The summed E-state index contributed by atoms with van der Waals surface area (Å²) < 4.78 is 6.11. The van der Waals surface area contributed by atoms with E-state index in [9.17, 15) is 5.11 Å². The van der Waals surface area contributed by atoms with Crippen molar-refractivity contribution < 1.29 is 20.1 Å². The van der Waals surface area contributed by atoms with Crippen LogP contribution in [0.25, 0.3) is 0 Å². The number of piperidine rings is 1. The van der Waals surface area contributed by atoms with E-state index in [-0.39, 0.29) is 19.4 Å². The third kappa shape index (κ3) is 7.76. The Hall–Kier alpha value is -0.280. The van der Waals surface area contributed by atoms with Gasteiger partial charge in [0.2, 0.25) is 0 Å². The summed E-state index contributed by atoms with van der Waals surface area (Å²) in [6, 6.07) is 0. The van der Waals surface area contributed by atoms with E-state index < -0.39 is 0 Å². The van der Waals surface area contributed by atoms with Gasteiger partial charge in [-0.15, -0.1) is 0 Å². The molecule has 1 unspecified atom stereocenters. The minimum Gasteiger partial charge on any atom is -0.396 e. The Morgan fingerprint density at radius 1 is 0.808 bits per heavy atom. The minimum absolute atomic E-state index is 0.00608. The van der Waals surface area contributed by atoms with E-state index in [1.165, 1.54) is 12.8 Å². The lowest BCUT2D eigenvalue weighted by atomic mass is 9.94. The molecule has 2 fully saturated rings. The molecule has 3 N–H and O–H groups in total. The highest BCUT2D eigenvalue weighted by Crippen LogP contribution is 2.20. The largest absolute Gasteiger partial charge is 0.396 e. The van der Waals surface area contributed by atoms with Crippen molar-refractivity contribution in [2.75, 3.05) is 78.8 Å². The Labute approximate surface area is 158 Å². The zero-order valence-corrected chi connectivity index (χ0v) is 16.3. The second kappa shape index (κ2) is 13.0. The first kappa shape index (κ1) is 22.0. The van der Waals surface area contributed by atoms with Crippen LogP contribution < -0.4 is 0 Å². The minimum atomic E-state index is 0.00608. The van der Waals surface area contributed by atoms with Crippen LogP contribution in [0.3, 0.4) is 0 Å². The fourth-order valence-corrected chi connectivity index (χ4v) is 4.09. The maximum atomic E-state index is 9.36. The third-order valence-electron chi connectivity index (χ3n) is 5.78. The highest BCUT2D eigenvalue weighted by Gasteiger charge is 2.24. The molecular formula is C19H39N3O4. The van der Waals surface area contributed by atoms with Crippen molar-refractivity contribution in [1.82, 2.24) is 14.7 Å². The molecule has 0 bridgehead atoms. The molecule has 1 atom stereocenters. The number of ether oxygens (including phenoxy) is 1. The molecule has 2 heterocycles. The van der Waals surface area contributed by atoms with Crippen LogP contribution in [0, 0.1) is 5.92 Å². The van der Waals surface area contributed by atoms with Crippen LogP contribution in [0.15, 0.2) is 0 Å². The van der Waals surface area contributed by atoms with E-state index >= 15 is 0 Å². The van der Waals surface area contributed by atoms with Gasteiger partial charge in [-0.25, -0.2) is 0 Å². The third-order valence-corrected chi connectivity index (χ3v) is 5.78. The summed E-state index contributed by atoms with van der Waals surface area (Å²) in [4.78, 5) is 7.10. The lowest BCUT2D eigenvalue weighted by Gasteiger charge is -2.39. The Kier molecular flexibility index (Phi) is 11.0. The topological polar surface area (TPSA) is 79.6 Å². The second-order valence-corrected chi connectivity index (χ2v) is 7.59. The van der Waals surface area contributed by atoms with Crippen LogP contribution in [-0.4, -0.2) is 115 Å². The molecule has 0 aromatic heterocycles. The molecule has 0 saturated carbocycles. The van der Waals surface area contributed by atoms with E-state index in [0.717, 1.165) is 71.8 Å². The number of hydrogen-bond acceptors (Lipinski definition) is 7. The summed E-state index contributed by atoms with van der Waals surface area (Å²) in [5.74, 6) is 0.700. The monoisotopic (exact) mass is 373 g/mol. The van der Waals surface area contributed by atoms with Gasteiger partial charge in [-0.3, -0.25) is 9.80 Å². The standard InChI is InChI=1S/C19H39N3O4/c23-14-4-18-2-7-20(8-3-18)6-1-17-26-19(5-15-24)22-11-9-21(10-12-22)13-16-25/h18-19,23-25H,1-17H2. The van der Waals surface area contributed by atoms with Crippen molar-refractivity contribution in [1.29, 1.82) is 0 Å². The van der Waals surface area contributed by atoms with Crippen LogP contribution in [0.4, 0.5) is 0 Å². The molecule has 7 nitrogen and oxygen atoms in total. The molecule has 2 saturated heterocycles. The van der Waals surface area contributed by atoms with Gasteiger partial charge in [0.1, 0.15) is 6.23 Å². The molecule has 7 heteroatoms. The number of aliphatic hydroxyl groups is 3. The first-order valence-corrected chi connectivity index (χ1v) is 10.4. The first-order valence-electron chi connectivity index (χ1n) is 10.4. The summed E-state index contributed by atoms with van der Waals surface area (Å²) in [5.41, 5.74) is 0. The average Bonchev–Trinajstić information content (AvgIpc) is 2.67. The number of hydrogen-bond donors (Lipinski definition) is 3. The number of aliphatic hydroxyl groups excluding tert-OH is 3. The first-order chi connectivity index (χ1) is 12.8. The SMILES string of the molecule is OCCC1CCN(CCCOC(CCO)N2CCN(CCO)CC2)CC1. The van der Waals surface area contributed by atoms with Gasteiger partial charge in [0.25, 0.3) is 0 Å². The molecule has 0 spiro atoms. The van der Waals surface area contributed by atoms with Gasteiger partial charge in [-0.05, 0) is 44.7 Å². The fourth-order valence-electron chi connectivity index (χ4n) is 4.09. The Morgan fingerprint density at radius 3 is 2.12 bits per heavy atom. The molecule has 0 amide bonds. The number of piperazine rings is 1. The molecule has 26 heavy (non-hydrogen) atoms. The molecule has 2 rings (SSSR count). The quantitative estimate of drug-likeness (QED) is 0.409. The normalized spacial score (nSPS) is 22.7. The Morgan fingerprint density at radius 2 is 1.50 bits per heavy atom. The molecule has 2 aliphatic heterocycles. The van der Waals surface area contributed by atoms with Gasteiger partial charge in [-0.2, -0.15) is 0 Å². The summed E-state index contributed by atoms with van der Waals surface area (Å²) in [5, 5.41) is 27.4. The van der Waals surface area contributed by atoms with Gasteiger partial charge in [0.15, 0.2) is 0 Å². The molecule has 154 valence electrons. The molecule has 0 radical (unpaired) electrons. The van der Waals surface area contributed by atoms with Crippen LogP contribution in [0.2, 0.25) is 0 Å². The smallest absolute Gasteiger partial charge is 0.112 e. The summed E-state index contributed by atoms with van der Waals surface area (Å²) >= 11 is 0. The van der Waals surface area contributed by atoms with Gasteiger partial charge in [0, 0.05) is 65.5 Å². The van der Waals surface area contributed by atoms with Crippen molar-refractivity contribution in [3.8, 4) is 0 Å². The maximum Gasteiger partial charge on any atom is 0.112 e. The van der Waals surface area contributed by atoms with E-state index in [2.05, 4.69) is 14.7 Å². The molecule has 0 aliphatic carbocycles. The predicted molar refractivity (Wildman–Crippen MR) is 102 cm³/mol. The number of likely N-dealkylation sites (tertiary alicyclic amines) is 1. The van der Waals surface area contributed by atoms with E-state index in [1.54, 1.807) is 0 Å². The zero-order valence-electron chi connectivity index (χ0n) is 16.3. The molecule has 2 aliphatic rings. The van der Waals surface area contributed by atoms with Crippen molar-refractivity contribution in [2.45, 2.75) is 38.3 Å². The second-order valence-electron chi connectivity index (χ2n) is 7.59. The molecular weight excluding hydrogens is 334 g/mol. The number of β-amino-alcohol motifs (C(OH)–C–C–N with tert-alkyl or cyclic N) is 1. The van der Waals surface area contributed by atoms with Crippen molar-refractivity contribution in [3.63, 3.8) is 0 Å². The van der Waals surface area contributed by atoms with Gasteiger partial charge in [-0.1, -0.05) is 0 Å². The van der Waals surface area contributed by atoms with Crippen LogP contribution in [-0.2, 0) is 4.74 Å². The van der Waals surface area contributed by atoms with E-state index in [1.807, 2.05) is 0 Å². The average molecular weight is 374 g/mol. The molecule has 0 aromatic rings. The van der Waals surface area contributed by atoms with E-state index in [4.69, 9.17) is 14.9 Å². The molecule has 0 aromatic carbocycles. The van der Waals surface area contributed by atoms with Crippen LogP contribution in [0.5, 0.6) is 0 Å². The predicted octanol–water partition coefficient (Wildman–Crippen LogP) is -0.194. The fraction of sp³-hybridized carbons (Fsp3) is 1.00. The summed E-state index contributed by atoms with van der Waals surface area (Å²) in [6.07, 6.45) is 5.04. The van der Waals surface area contributed by atoms with Gasteiger partial charge >= 0.3 is 0 Å². The maximum absolute atomic E-state index is 9.36. The lowest BCUT2D eigenvalue weighted by molar-refractivity contribution is -0.0880. The highest BCUT2D eigenvalue weighted by molar-refractivity contribution is 4.75. The van der Waals surface area contributed by atoms with Gasteiger partial charge in [0.05, 0.1) is 6.61 Å². The highest BCUT2D eigenvalue weighted by atomic mass is 16.5. The zero-order chi connectivity index (χ0) is 18.6. The Bertz CT molecular complexity index is 346. The lowest BCUT2D eigenvalue weighted by Crippen LogP contribution is -2.51. The van der Waals surface area contributed by atoms with E-state index in [0.29, 0.717) is 18.9 Å². The van der Waals surface area contributed by atoms with Crippen LogP contribution in [0.1, 0.15) is 32.1 Å². The number of nitrogens with zero attached hydrogens (tertiary/aromatic N) is 3. The Balaban J connectivity index is 1.60. The van der Waals surface area contributed by atoms with Crippen molar-refractivity contribution in [2.24, 2.45) is 5.92 Å². The number of rotatable bonds is 12. The van der Waals surface area contributed by atoms with Gasteiger partial charge < -0.3 is 25.0 Å². The van der Waals surface area contributed by atoms with Crippen molar-refractivity contribution >= 4 is 0 Å².